The van der Waals surface area contributed by atoms with E-state index in [-0.39, 0.29) is 5.91 Å². The van der Waals surface area contributed by atoms with Crippen LogP contribution in [0.5, 0.6) is 5.75 Å². The quantitative estimate of drug-likeness (QED) is 0.677. The number of hydrogen-bond acceptors (Lipinski definition) is 3. The number of nitrogens with one attached hydrogen (secondary N) is 1. The maximum Gasteiger partial charge on any atom is 0.228 e. The number of methoxy groups -OCH3 is 1. The van der Waals surface area contributed by atoms with Gasteiger partial charge in [-0.1, -0.05) is 52.0 Å². The fourth-order valence-electron chi connectivity index (χ4n) is 3.13. The highest BCUT2D eigenvalue weighted by Crippen LogP contribution is 2.27. The maximum atomic E-state index is 12.6. The first kappa shape index (κ1) is 20.8. The third kappa shape index (κ3) is 6.63. The Morgan fingerprint density at radius 3 is 2.11 bits per heavy atom. The molecule has 2 aromatic rings. The van der Waals surface area contributed by atoms with Crippen molar-refractivity contribution >= 4 is 17.3 Å². The Morgan fingerprint density at radius 1 is 0.963 bits per heavy atom. The summed E-state index contributed by atoms with van der Waals surface area (Å²) in [4.78, 5) is 15.0. The number of carbonyl (C=O) groups is 1. The zero-order valence-electron chi connectivity index (χ0n) is 17.2. The molecule has 4 heteroatoms. The molecule has 0 aliphatic carbocycles. The summed E-state index contributed by atoms with van der Waals surface area (Å²) < 4.78 is 5.17. The predicted molar refractivity (Wildman–Crippen MR) is 114 cm³/mol. The average molecular weight is 369 g/mol. The van der Waals surface area contributed by atoms with Crippen molar-refractivity contribution in [1.82, 2.24) is 0 Å². The molecule has 0 bridgehead atoms. The topological polar surface area (TPSA) is 41.6 Å². The molecule has 4 nitrogen and oxygen atoms in total. The van der Waals surface area contributed by atoms with Crippen molar-refractivity contribution in [3.63, 3.8) is 0 Å². The van der Waals surface area contributed by atoms with Crippen LogP contribution in [0.3, 0.4) is 0 Å². The minimum atomic E-state index is -0.0124. The minimum absolute atomic E-state index is 0.0124. The van der Waals surface area contributed by atoms with Crippen LogP contribution in [0.4, 0.5) is 11.4 Å². The third-order valence-electron chi connectivity index (χ3n) is 4.21. The van der Waals surface area contributed by atoms with Crippen LogP contribution >= 0.6 is 0 Å². The number of rotatable bonds is 9. The van der Waals surface area contributed by atoms with E-state index in [9.17, 15) is 4.79 Å². The lowest BCUT2D eigenvalue weighted by molar-refractivity contribution is -0.115. The van der Waals surface area contributed by atoms with Gasteiger partial charge in [0.1, 0.15) is 5.75 Å². The van der Waals surface area contributed by atoms with Gasteiger partial charge < -0.3 is 15.0 Å². The van der Waals surface area contributed by atoms with Gasteiger partial charge >= 0.3 is 0 Å². The molecule has 1 amide bonds. The summed E-state index contributed by atoms with van der Waals surface area (Å²) in [7, 11) is 1.64. The van der Waals surface area contributed by atoms with E-state index in [4.69, 9.17) is 4.74 Å². The van der Waals surface area contributed by atoms with Crippen LogP contribution in [0.2, 0.25) is 0 Å². The Balaban J connectivity index is 2.13. The molecule has 0 aromatic heterocycles. The predicted octanol–water partition coefficient (Wildman–Crippen LogP) is 4.99. The van der Waals surface area contributed by atoms with E-state index < -0.39 is 0 Å². The van der Waals surface area contributed by atoms with Crippen molar-refractivity contribution in [3.8, 4) is 5.75 Å². The Hall–Kier alpha value is -2.49. The summed E-state index contributed by atoms with van der Waals surface area (Å²) in [5, 5.41) is 3.10. The zero-order chi connectivity index (χ0) is 19.8. The largest absolute Gasteiger partial charge is 0.497 e. The lowest BCUT2D eigenvalue weighted by Gasteiger charge is -2.30. The number of anilines is 2. The smallest absolute Gasteiger partial charge is 0.228 e. The van der Waals surface area contributed by atoms with Gasteiger partial charge in [-0.3, -0.25) is 4.79 Å². The fourth-order valence-corrected chi connectivity index (χ4v) is 3.13. The molecular weight excluding hydrogens is 336 g/mol. The van der Waals surface area contributed by atoms with E-state index in [0.29, 0.717) is 18.3 Å². The van der Waals surface area contributed by atoms with E-state index in [1.165, 1.54) is 0 Å². The van der Waals surface area contributed by atoms with Crippen LogP contribution in [0.25, 0.3) is 0 Å². The first-order valence-corrected chi connectivity index (χ1v) is 9.65. The molecule has 0 aliphatic rings. The van der Waals surface area contributed by atoms with Crippen LogP contribution in [0.1, 0.15) is 33.3 Å². The van der Waals surface area contributed by atoms with Crippen LogP contribution in [-0.2, 0) is 11.2 Å². The molecule has 2 aromatic carbocycles. The number of ether oxygens (including phenoxy) is 1. The van der Waals surface area contributed by atoms with Crippen molar-refractivity contribution in [1.29, 1.82) is 0 Å². The standard InChI is InChI=1S/C23H32N2O2/c1-17(2)15-25(16-18(3)4)22-9-7-6-8-21(22)24-23(26)14-19-10-12-20(27-5)13-11-19/h6-13,17-18H,14-16H2,1-5H3,(H,24,26). The Bertz CT molecular complexity index is 713. The lowest BCUT2D eigenvalue weighted by Crippen LogP contribution is -2.32. The van der Waals surface area contributed by atoms with Gasteiger partial charge in [0.15, 0.2) is 0 Å². The van der Waals surface area contributed by atoms with Crippen molar-refractivity contribution in [2.75, 3.05) is 30.4 Å². The highest BCUT2D eigenvalue weighted by molar-refractivity contribution is 5.95. The van der Waals surface area contributed by atoms with Crippen LogP contribution in [0.15, 0.2) is 48.5 Å². The van der Waals surface area contributed by atoms with Gasteiger partial charge in [0.25, 0.3) is 0 Å². The second-order valence-electron chi connectivity index (χ2n) is 7.78. The molecule has 0 unspecified atom stereocenters. The maximum absolute atomic E-state index is 12.6. The monoisotopic (exact) mass is 368 g/mol. The van der Waals surface area contributed by atoms with Crippen molar-refractivity contribution in [2.24, 2.45) is 11.8 Å². The van der Waals surface area contributed by atoms with E-state index in [1.807, 2.05) is 42.5 Å². The number of para-hydroxylation sites is 2. The molecule has 0 fully saturated rings. The summed E-state index contributed by atoms with van der Waals surface area (Å²) in [5.74, 6) is 1.88. The first-order valence-electron chi connectivity index (χ1n) is 9.65. The van der Waals surface area contributed by atoms with Crippen LogP contribution < -0.4 is 15.0 Å². The fraction of sp³-hybridized carbons (Fsp3) is 0.435. The number of nitrogens with zero attached hydrogens (tertiary/aromatic N) is 1. The second-order valence-corrected chi connectivity index (χ2v) is 7.78. The van der Waals surface area contributed by atoms with Gasteiger partial charge in [0.05, 0.1) is 24.9 Å². The average Bonchev–Trinajstić information content (AvgIpc) is 2.61. The third-order valence-corrected chi connectivity index (χ3v) is 4.21. The number of carbonyl (C=O) groups excluding carboxylic acids is 1. The van der Waals surface area contributed by atoms with Crippen LogP contribution in [0, 0.1) is 11.8 Å². The summed E-state index contributed by atoms with van der Waals surface area (Å²) >= 11 is 0. The molecule has 0 saturated carbocycles. The molecule has 0 spiro atoms. The van der Waals surface area contributed by atoms with Crippen molar-refractivity contribution in [3.05, 3.63) is 54.1 Å². The normalized spacial score (nSPS) is 10.9. The number of hydrogen-bond donors (Lipinski definition) is 1. The Kier molecular flexibility index (Phi) is 7.71. The van der Waals surface area contributed by atoms with E-state index in [1.54, 1.807) is 7.11 Å². The number of benzene rings is 2. The highest BCUT2D eigenvalue weighted by Gasteiger charge is 2.15. The summed E-state index contributed by atoms with van der Waals surface area (Å²) in [6, 6.07) is 15.7. The SMILES string of the molecule is COc1ccc(CC(=O)Nc2ccccc2N(CC(C)C)CC(C)C)cc1. The van der Waals surface area contributed by atoms with E-state index >= 15 is 0 Å². The molecule has 0 heterocycles. The molecule has 0 aliphatic heterocycles. The van der Waals surface area contributed by atoms with Gasteiger partial charge in [-0.05, 0) is 41.7 Å². The van der Waals surface area contributed by atoms with Gasteiger partial charge in [0, 0.05) is 13.1 Å². The van der Waals surface area contributed by atoms with Gasteiger partial charge in [-0.25, -0.2) is 0 Å². The molecule has 0 atom stereocenters. The Labute approximate surface area is 163 Å². The van der Waals surface area contributed by atoms with Crippen LogP contribution in [-0.4, -0.2) is 26.1 Å². The summed E-state index contributed by atoms with van der Waals surface area (Å²) in [6.07, 6.45) is 0.340. The number of amides is 1. The van der Waals surface area contributed by atoms with E-state index in [2.05, 4.69) is 44.0 Å². The molecule has 1 N–H and O–H groups in total. The van der Waals surface area contributed by atoms with Gasteiger partial charge in [0.2, 0.25) is 5.91 Å². The van der Waals surface area contributed by atoms with Crippen molar-refractivity contribution < 1.29 is 9.53 Å². The van der Waals surface area contributed by atoms with Gasteiger partial charge in [-0.2, -0.15) is 0 Å². The summed E-state index contributed by atoms with van der Waals surface area (Å²) in [6.45, 7) is 10.8. The van der Waals surface area contributed by atoms with Gasteiger partial charge in [-0.15, -0.1) is 0 Å². The van der Waals surface area contributed by atoms with E-state index in [0.717, 1.165) is 35.8 Å². The molecule has 2 rings (SSSR count). The molecule has 27 heavy (non-hydrogen) atoms. The van der Waals surface area contributed by atoms with Crippen molar-refractivity contribution in [2.45, 2.75) is 34.1 Å². The summed E-state index contributed by atoms with van der Waals surface area (Å²) in [5.41, 5.74) is 2.92. The molecular formula is C23H32N2O2. The molecule has 0 saturated heterocycles. The lowest BCUT2D eigenvalue weighted by atomic mass is 10.1. The first-order chi connectivity index (χ1) is 12.9. The zero-order valence-corrected chi connectivity index (χ0v) is 17.2. The Morgan fingerprint density at radius 2 is 1.56 bits per heavy atom. The minimum Gasteiger partial charge on any atom is -0.497 e. The second kappa shape index (κ2) is 10.0. The molecule has 146 valence electrons. The molecule has 0 radical (unpaired) electrons. The highest BCUT2D eigenvalue weighted by atomic mass is 16.5.